The second-order valence-electron chi connectivity index (χ2n) is 9.37. The van der Waals surface area contributed by atoms with Crippen molar-refractivity contribution >= 4 is 39.3 Å². The van der Waals surface area contributed by atoms with E-state index in [2.05, 4.69) is 20.9 Å². The third-order valence-corrected chi connectivity index (χ3v) is 8.26. The topological polar surface area (TPSA) is 88.4 Å². The number of methoxy groups -OCH3 is 2. The van der Waals surface area contributed by atoms with Crippen molar-refractivity contribution in [1.29, 1.82) is 0 Å². The van der Waals surface area contributed by atoms with Crippen molar-refractivity contribution in [3.8, 4) is 17.2 Å². The minimum absolute atomic E-state index is 0.198. The number of hydrogen-bond acceptors (Lipinski definition) is 8. The number of para-hydroxylation sites is 1. The van der Waals surface area contributed by atoms with E-state index in [9.17, 15) is 9.59 Å². The third kappa shape index (κ3) is 5.91. The molecule has 0 radical (unpaired) electrons. The SMILES string of the molecule is CCOC(=O)C1=C(C)N=c2s/c(=C/c3ccc(OCc4ccc(Br)cc4)c(OC)c3)c(=O)n2[C@@H]1c1ccccc1OC. The zero-order valence-corrected chi connectivity index (χ0v) is 26.0. The molecule has 0 amide bonds. The summed E-state index contributed by atoms with van der Waals surface area (Å²) < 4.78 is 25.6. The average molecular weight is 650 g/mol. The number of fused-ring (bicyclic) bond motifs is 1. The molecule has 1 aliphatic rings. The molecule has 5 rings (SSSR count). The summed E-state index contributed by atoms with van der Waals surface area (Å²) in [5, 5.41) is 0. The van der Waals surface area contributed by atoms with Crippen LogP contribution in [-0.2, 0) is 16.1 Å². The molecule has 3 aromatic carbocycles. The largest absolute Gasteiger partial charge is 0.496 e. The van der Waals surface area contributed by atoms with E-state index in [0.29, 0.717) is 50.0 Å². The summed E-state index contributed by atoms with van der Waals surface area (Å²) in [6.07, 6.45) is 1.79. The molecule has 2 heterocycles. The summed E-state index contributed by atoms with van der Waals surface area (Å²) in [5.41, 5.74) is 2.95. The molecule has 0 fully saturated rings. The summed E-state index contributed by atoms with van der Waals surface area (Å²) in [4.78, 5) is 32.2. The first kappa shape index (κ1) is 29.3. The van der Waals surface area contributed by atoms with Gasteiger partial charge in [0.05, 0.1) is 36.6 Å². The number of nitrogens with zero attached hydrogens (tertiary/aromatic N) is 2. The van der Waals surface area contributed by atoms with Crippen molar-refractivity contribution in [3.05, 3.63) is 119 Å². The van der Waals surface area contributed by atoms with E-state index in [0.717, 1.165) is 15.6 Å². The molecular weight excluding hydrogens is 620 g/mol. The van der Waals surface area contributed by atoms with Crippen LogP contribution >= 0.6 is 27.3 Å². The van der Waals surface area contributed by atoms with Gasteiger partial charge in [-0.25, -0.2) is 9.79 Å². The molecule has 10 heteroatoms. The van der Waals surface area contributed by atoms with Gasteiger partial charge in [0.15, 0.2) is 16.3 Å². The molecule has 0 unspecified atom stereocenters. The molecule has 0 saturated carbocycles. The van der Waals surface area contributed by atoms with Gasteiger partial charge in [0.1, 0.15) is 18.4 Å². The van der Waals surface area contributed by atoms with E-state index in [1.54, 1.807) is 44.8 Å². The van der Waals surface area contributed by atoms with Gasteiger partial charge in [-0.15, -0.1) is 0 Å². The van der Waals surface area contributed by atoms with E-state index in [4.69, 9.17) is 18.9 Å². The van der Waals surface area contributed by atoms with E-state index < -0.39 is 12.0 Å². The van der Waals surface area contributed by atoms with Crippen LogP contribution in [0.2, 0.25) is 0 Å². The molecule has 0 aliphatic carbocycles. The predicted octanol–water partition coefficient (Wildman–Crippen LogP) is 5.16. The molecule has 0 bridgehead atoms. The molecule has 4 aromatic rings. The molecule has 1 atom stereocenters. The van der Waals surface area contributed by atoms with Gasteiger partial charge in [-0.1, -0.05) is 63.7 Å². The first-order valence-electron chi connectivity index (χ1n) is 13.2. The van der Waals surface area contributed by atoms with Gasteiger partial charge in [-0.05, 0) is 61.4 Å². The van der Waals surface area contributed by atoms with E-state index in [-0.39, 0.29) is 12.2 Å². The highest BCUT2D eigenvalue weighted by Gasteiger charge is 2.34. The van der Waals surface area contributed by atoms with Crippen molar-refractivity contribution in [2.45, 2.75) is 26.5 Å². The van der Waals surface area contributed by atoms with Gasteiger partial charge < -0.3 is 18.9 Å². The van der Waals surface area contributed by atoms with Crippen LogP contribution in [0, 0.1) is 0 Å². The second-order valence-corrected chi connectivity index (χ2v) is 11.3. The monoisotopic (exact) mass is 648 g/mol. The van der Waals surface area contributed by atoms with Crippen LogP contribution in [0.3, 0.4) is 0 Å². The molecule has 1 aliphatic heterocycles. The van der Waals surface area contributed by atoms with Crippen LogP contribution < -0.4 is 29.1 Å². The smallest absolute Gasteiger partial charge is 0.338 e. The minimum Gasteiger partial charge on any atom is -0.496 e. The average Bonchev–Trinajstić information content (AvgIpc) is 3.30. The fourth-order valence-electron chi connectivity index (χ4n) is 4.76. The molecule has 0 spiro atoms. The van der Waals surface area contributed by atoms with Gasteiger partial charge >= 0.3 is 5.97 Å². The summed E-state index contributed by atoms with van der Waals surface area (Å²) >= 11 is 4.69. The van der Waals surface area contributed by atoms with Crippen LogP contribution in [0.15, 0.2) is 92.3 Å². The highest BCUT2D eigenvalue weighted by molar-refractivity contribution is 9.10. The fraction of sp³-hybridized carbons (Fsp3) is 0.219. The lowest BCUT2D eigenvalue weighted by molar-refractivity contribution is -0.139. The number of esters is 1. The zero-order valence-electron chi connectivity index (χ0n) is 23.5. The lowest BCUT2D eigenvalue weighted by Gasteiger charge is -2.25. The second kappa shape index (κ2) is 12.8. The Balaban J connectivity index is 1.56. The highest BCUT2D eigenvalue weighted by Crippen LogP contribution is 2.35. The van der Waals surface area contributed by atoms with E-state index in [1.165, 1.54) is 11.3 Å². The molecule has 216 valence electrons. The van der Waals surface area contributed by atoms with Gasteiger partial charge in [0.25, 0.3) is 5.56 Å². The molecule has 0 saturated heterocycles. The normalized spacial score (nSPS) is 14.7. The molecular formula is C32H29BrN2O6S. The number of rotatable bonds is 9. The Morgan fingerprint density at radius 1 is 1.02 bits per heavy atom. The summed E-state index contributed by atoms with van der Waals surface area (Å²) in [5.74, 6) is 1.16. The van der Waals surface area contributed by atoms with Crippen molar-refractivity contribution in [2.75, 3.05) is 20.8 Å². The van der Waals surface area contributed by atoms with Crippen LogP contribution in [0.25, 0.3) is 6.08 Å². The Bertz CT molecular complexity index is 1840. The number of carbonyl (C=O) groups is 1. The van der Waals surface area contributed by atoms with E-state index in [1.807, 2.05) is 60.7 Å². The van der Waals surface area contributed by atoms with Crippen LogP contribution in [-0.4, -0.2) is 31.4 Å². The van der Waals surface area contributed by atoms with Gasteiger partial charge in [-0.3, -0.25) is 9.36 Å². The summed E-state index contributed by atoms with van der Waals surface area (Å²) in [7, 11) is 3.13. The predicted molar refractivity (Wildman–Crippen MR) is 165 cm³/mol. The number of benzene rings is 3. The Kier molecular flexibility index (Phi) is 8.94. The third-order valence-electron chi connectivity index (χ3n) is 6.74. The number of halogens is 1. The van der Waals surface area contributed by atoms with Crippen LogP contribution in [0.4, 0.5) is 0 Å². The minimum atomic E-state index is -0.762. The Morgan fingerprint density at radius 3 is 2.48 bits per heavy atom. The Hall–Kier alpha value is -4.15. The van der Waals surface area contributed by atoms with Crippen molar-refractivity contribution in [3.63, 3.8) is 0 Å². The maximum atomic E-state index is 13.9. The highest BCUT2D eigenvalue weighted by atomic mass is 79.9. The number of aromatic nitrogens is 1. The number of hydrogen-bond donors (Lipinski definition) is 0. The van der Waals surface area contributed by atoms with Crippen molar-refractivity contribution in [2.24, 2.45) is 4.99 Å². The number of thiazole rings is 1. The van der Waals surface area contributed by atoms with Crippen LogP contribution in [0.5, 0.6) is 17.2 Å². The lowest BCUT2D eigenvalue weighted by atomic mass is 9.95. The number of allylic oxidation sites excluding steroid dienone is 1. The first-order chi connectivity index (χ1) is 20.3. The van der Waals surface area contributed by atoms with Gasteiger partial charge in [-0.2, -0.15) is 0 Å². The number of carbonyl (C=O) groups excluding carboxylic acids is 1. The van der Waals surface area contributed by atoms with Crippen molar-refractivity contribution in [1.82, 2.24) is 4.57 Å². The van der Waals surface area contributed by atoms with E-state index >= 15 is 0 Å². The van der Waals surface area contributed by atoms with Crippen molar-refractivity contribution < 1.29 is 23.7 Å². The fourth-order valence-corrected chi connectivity index (χ4v) is 6.08. The molecule has 42 heavy (non-hydrogen) atoms. The molecule has 0 N–H and O–H groups in total. The maximum Gasteiger partial charge on any atom is 0.338 e. The first-order valence-corrected chi connectivity index (χ1v) is 14.8. The standard InChI is InChI=1S/C32H29BrN2O6S/c1-5-40-31(37)28-19(2)34-32-35(29(28)23-8-6-7-9-24(23)38-3)30(36)27(42-32)17-21-12-15-25(26(16-21)39-4)41-18-20-10-13-22(33)14-11-20/h6-17,29H,5,18H2,1-4H3/b27-17+/t29-/m1/s1. The van der Waals surface area contributed by atoms with Crippen LogP contribution in [0.1, 0.15) is 36.6 Å². The molecule has 8 nitrogen and oxygen atoms in total. The summed E-state index contributed by atoms with van der Waals surface area (Å²) in [6, 6.07) is 20.0. The lowest BCUT2D eigenvalue weighted by Crippen LogP contribution is -2.40. The number of ether oxygens (including phenoxy) is 4. The Morgan fingerprint density at radius 2 is 1.76 bits per heavy atom. The molecule has 1 aromatic heterocycles. The van der Waals surface area contributed by atoms with Gasteiger partial charge in [0, 0.05) is 10.0 Å². The maximum absolute atomic E-state index is 13.9. The summed E-state index contributed by atoms with van der Waals surface area (Å²) in [6.45, 7) is 4.08. The quantitative estimate of drug-likeness (QED) is 0.233. The Labute approximate surface area is 255 Å². The zero-order chi connectivity index (χ0) is 29.8. The van der Waals surface area contributed by atoms with Gasteiger partial charge in [0.2, 0.25) is 0 Å².